The molecule has 4 heterocycles. The number of benzene rings is 1. The largest absolute Gasteiger partial charge is 0.493 e. The first-order chi connectivity index (χ1) is 12.8. The lowest BCUT2D eigenvalue weighted by Gasteiger charge is -2.12. The van der Waals surface area contributed by atoms with Gasteiger partial charge in [-0.2, -0.15) is 5.10 Å². The Balaban J connectivity index is 0.00000180. The molecular formula is C18H18ClN5O2S. The molecule has 27 heavy (non-hydrogen) atoms. The Morgan fingerprint density at radius 2 is 2.22 bits per heavy atom. The van der Waals surface area contributed by atoms with Crippen molar-refractivity contribution in [1.82, 2.24) is 20.5 Å². The zero-order chi connectivity index (χ0) is 17.5. The van der Waals surface area contributed by atoms with Crippen molar-refractivity contribution in [1.29, 1.82) is 0 Å². The highest BCUT2D eigenvalue weighted by atomic mass is 35.5. The van der Waals surface area contributed by atoms with Gasteiger partial charge in [0.25, 0.3) is 5.91 Å². The fourth-order valence-corrected chi connectivity index (χ4v) is 4.09. The quantitative estimate of drug-likeness (QED) is 0.625. The molecule has 3 N–H and O–H groups in total. The third kappa shape index (κ3) is 3.31. The maximum absolute atomic E-state index is 12.6. The lowest BCUT2D eigenvalue weighted by atomic mass is 10.1. The SMILES string of the molecule is Cl.O=C(Nc1nc(-c2ccc3c(c2)CCO3)cs1)c1n[nH]c2c1CNCC2. The van der Waals surface area contributed by atoms with Gasteiger partial charge in [0.15, 0.2) is 10.8 Å². The molecule has 0 aliphatic carbocycles. The maximum atomic E-state index is 12.6. The van der Waals surface area contributed by atoms with E-state index in [9.17, 15) is 4.79 Å². The molecule has 2 aromatic heterocycles. The minimum atomic E-state index is -0.227. The van der Waals surface area contributed by atoms with E-state index < -0.39 is 0 Å². The van der Waals surface area contributed by atoms with Gasteiger partial charge in [0.2, 0.25) is 0 Å². The average molecular weight is 404 g/mol. The lowest BCUT2D eigenvalue weighted by molar-refractivity contribution is 0.102. The molecule has 0 saturated carbocycles. The molecule has 0 bridgehead atoms. The Labute approximate surface area is 166 Å². The van der Waals surface area contributed by atoms with Gasteiger partial charge in [-0.05, 0) is 23.8 Å². The van der Waals surface area contributed by atoms with Crippen molar-refractivity contribution in [3.05, 3.63) is 46.1 Å². The number of H-pyrrole nitrogens is 1. The van der Waals surface area contributed by atoms with Crippen molar-refractivity contribution in [3.63, 3.8) is 0 Å². The molecule has 9 heteroatoms. The van der Waals surface area contributed by atoms with Gasteiger partial charge in [-0.25, -0.2) is 4.98 Å². The second-order valence-corrected chi connectivity index (χ2v) is 7.23. The van der Waals surface area contributed by atoms with Crippen molar-refractivity contribution in [3.8, 4) is 17.0 Å². The van der Waals surface area contributed by atoms with Crippen molar-refractivity contribution in [2.45, 2.75) is 19.4 Å². The molecule has 0 saturated heterocycles. The van der Waals surface area contributed by atoms with Crippen LogP contribution >= 0.6 is 23.7 Å². The number of amides is 1. The number of anilines is 1. The van der Waals surface area contributed by atoms with E-state index in [2.05, 4.69) is 31.9 Å². The highest BCUT2D eigenvalue weighted by Gasteiger charge is 2.22. The summed E-state index contributed by atoms with van der Waals surface area (Å²) in [7, 11) is 0. The highest BCUT2D eigenvalue weighted by molar-refractivity contribution is 7.14. The normalized spacial score (nSPS) is 14.7. The Bertz CT molecular complexity index is 1000. The van der Waals surface area contributed by atoms with Crippen LogP contribution in [-0.2, 0) is 19.4 Å². The standard InChI is InChI=1S/C18H17N5O2S.ClH/c24-17(16-12-8-19-5-3-13(12)22-23-16)21-18-20-14(9-26-18)10-1-2-15-11(7-10)4-6-25-15;/h1-2,7,9,19H,3-6,8H2,(H,22,23)(H,20,21,24);1H. The molecule has 0 radical (unpaired) electrons. The maximum Gasteiger partial charge on any atom is 0.278 e. The summed E-state index contributed by atoms with van der Waals surface area (Å²) in [5.41, 5.74) is 5.52. The van der Waals surface area contributed by atoms with E-state index in [1.54, 1.807) is 0 Å². The second-order valence-electron chi connectivity index (χ2n) is 6.37. The van der Waals surface area contributed by atoms with Gasteiger partial charge in [0, 0.05) is 48.1 Å². The van der Waals surface area contributed by atoms with Crippen LogP contribution in [0.3, 0.4) is 0 Å². The molecule has 0 spiro atoms. The first-order valence-electron chi connectivity index (χ1n) is 8.58. The van der Waals surface area contributed by atoms with Crippen molar-refractivity contribution < 1.29 is 9.53 Å². The number of hydrogen-bond acceptors (Lipinski definition) is 6. The topological polar surface area (TPSA) is 91.9 Å². The molecule has 5 rings (SSSR count). The molecule has 1 aromatic carbocycles. The molecule has 1 amide bonds. The summed E-state index contributed by atoms with van der Waals surface area (Å²) in [6.45, 7) is 2.30. The smallest absolute Gasteiger partial charge is 0.278 e. The highest BCUT2D eigenvalue weighted by Crippen LogP contribution is 2.32. The van der Waals surface area contributed by atoms with Gasteiger partial charge in [0.05, 0.1) is 12.3 Å². The first-order valence-corrected chi connectivity index (χ1v) is 9.46. The summed E-state index contributed by atoms with van der Waals surface area (Å²) in [5, 5.41) is 15.8. The second kappa shape index (κ2) is 7.30. The minimum Gasteiger partial charge on any atom is -0.493 e. The van der Waals surface area contributed by atoms with E-state index in [0.717, 1.165) is 54.3 Å². The van der Waals surface area contributed by atoms with Gasteiger partial charge in [0.1, 0.15) is 5.75 Å². The molecule has 2 aliphatic heterocycles. The molecule has 0 fully saturated rings. The van der Waals surface area contributed by atoms with Crippen LogP contribution in [0, 0.1) is 0 Å². The summed E-state index contributed by atoms with van der Waals surface area (Å²) in [6.07, 6.45) is 1.79. The number of halogens is 1. The molecular weight excluding hydrogens is 386 g/mol. The van der Waals surface area contributed by atoms with Crippen LogP contribution < -0.4 is 15.4 Å². The third-order valence-electron chi connectivity index (χ3n) is 4.73. The Hall–Kier alpha value is -2.42. The zero-order valence-corrected chi connectivity index (χ0v) is 16.0. The van der Waals surface area contributed by atoms with Gasteiger partial charge >= 0.3 is 0 Å². The van der Waals surface area contributed by atoms with Gasteiger partial charge in [-0.3, -0.25) is 15.2 Å². The van der Waals surface area contributed by atoms with E-state index >= 15 is 0 Å². The number of fused-ring (bicyclic) bond motifs is 2. The molecule has 2 aliphatic rings. The number of thiazole rings is 1. The van der Waals surface area contributed by atoms with Gasteiger partial charge in [-0.1, -0.05) is 0 Å². The van der Waals surface area contributed by atoms with Crippen molar-refractivity contribution >= 4 is 34.8 Å². The molecule has 0 atom stereocenters. The van der Waals surface area contributed by atoms with E-state index in [1.165, 1.54) is 16.9 Å². The monoisotopic (exact) mass is 403 g/mol. The number of ether oxygens (including phenoxy) is 1. The van der Waals surface area contributed by atoms with Crippen LogP contribution in [0.1, 0.15) is 27.3 Å². The van der Waals surface area contributed by atoms with E-state index in [1.807, 2.05) is 17.5 Å². The van der Waals surface area contributed by atoms with Crippen LogP contribution in [0.2, 0.25) is 0 Å². The number of aromatic amines is 1. The van der Waals surface area contributed by atoms with Crippen LogP contribution in [0.4, 0.5) is 5.13 Å². The predicted octanol–water partition coefficient (Wildman–Crippen LogP) is 2.79. The summed E-state index contributed by atoms with van der Waals surface area (Å²) in [5.74, 6) is 0.726. The number of nitrogens with one attached hydrogen (secondary N) is 3. The Morgan fingerprint density at radius 1 is 1.30 bits per heavy atom. The van der Waals surface area contributed by atoms with Crippen LogP contribution in [0.5, 0.6) is 5.75 Å². The van der Waals surface area contributed by atoms with E-state index in [-0.39, 0.29) is 18.3 Å². The van der Waals surface area contributed by atoms with E-state index in [0.29, 0.717) is 17.4 Å². The van der Waals surface area contributed by atoms with Gasteiger partial charge in [-0.15, -0.1) is 23.7 Å². The Kier molecular flexibility index (Phi) is 4.86. The molecule has 140 valence electrons. The fourth-order valence-electron chi connectivity index (χ4n) is 3.38. The van der Waals surface area contributed by atoms with E-state index in [4.69, 9.17) is 4.74 Å². The molecule has 0 unspecified atom stereocenters. The number of hydrogen-bond donors (Lipinski definition) is 3. The van der Waals surface area contributed by atoms with Gasteiger partial charge < -0.3 is 10.1 Å². The fraction of sp³-hybridized carbons (Fsp3) is 0.278. The lowest BCUT2D eigenvalue weighted by Crippen LogP contribution is -2.25. The van der Waals surface area contributed by atoms with Crippen LogP contribution in [-0.4, -0.2) is 34.2 Å². The zero-order valence-electron chi connectivity index (χ0n) is 14.4. The first kappa shape index (κ1) is 18.0. The minimum absolute atomic E-state index is 0. The number of carbonyl (C=O) groups excluding carboxylic acids is 1. The Morgan fingerprint density at radius 3 is 3.15 bits per heavy atom. The summed E-state index contributed by atoms with van der Waals surface area (Å²) < 4.78 is 5.54. The van der Waals surface area contributed by atoms with Crippen molar-refractivity contribution in [2.24, 2.45) is 0 Å². The van der Waals surface area contributed by atoms with Crippen LogP contribution in [0.25, 0.3) is 11.3 Å². The number of rotatable bonds is 3. The molecule has 7 nitrogen and oxygen atoms in total. The van der Waals surface area contributed by atoms with Crippen molar-refractivity contribution in [2.75, 3.05) is 18.5 Å². The average Bonchev–Trinajstić information content (AvgIpc) is 3.39. The third-order valence-corrected chi connectivity index (χ3v) is 5.49. The summed E-state index contributed by atoms with van der Waals surface area (Å²) in [4.78, 5) is 17.1. The number of aromatic nitrogens is 3. The summed E-state index contributed by atoms with van der Waals surface area (Å²) >= 11 is 1.41. The van der Waals surface area contributed by atoms with Crippen LogP contribution in [0.15, 0.2) is 23.6 Å². The number of nitrogens with zero attached hydrogens (tertiary/aromatic N) is 2. The molecule has 3 aromatic rings. The predicted molar refractivity (Wildman–Crippen MR) is 106 cm³/mol. The summed E-state index contributed by atoms with van der Waals surface area (Å²) in [6, 6.07) is 6.09. The number of carbonyl (C=O) groups is 1.